The van der Waals surface area contributed by atoms with Gasteiger partial charge in [0.1, 0.15) is 15.6 Å². The molecular formula is C33H40N4O5S2. The van der Waals surface area contributed by atoms with E-state index in [1.807, 2.05) is 30.3 Å². The first-order valence-corrected chi connectivity index (χ1v) is 17.9. The van der Waals surface area contributed by atoms with Crippen LogP contribution in [0.1, 0.15) is 74.9 Å². The van der Waals surface area contributed by atoms with E-state index in [9.17, 15) is 23.1 Å². The molecule has 1 N–H and O–H groups in total. The quantitative estimate of drug-likeness (QED) is 0.326. The Morgan fingerprint density at radius 1 is 0.955 bits per heavy atom. The summed E-state index contributed by atoms with van der Waals surface area (Å²) in [5.41, 5.74) is 1.23. The van der Waals surface area contributed by atoms with Crippen molar-refractivity contribution in [3.8, 4) is 10.4 Å². The summed E-state index contributed by atoms with van der Waals surface area (Å²) in [5, 5.41) is 10.2. The number of thiophene rings is 1. The first-order chi connectivity index (χ1) is 21.1. The maximum Gasteiger partial charge on any atom is 0.348 e. The lowest BCUT2D eigenvalue weighted by Gasteiger charge is -2.45. The van der Waals surface area contributed by atoms with Crippen LogP contribution in [0.15, 0.2) is 59.6 Å². The van der Waals surface area contributed by atoms with E-state index in [1.165, 1.54) is 16.9 Å². The zero-order valence-corrected chi connectivity index (χ0v) is 26.9. The summed E-state index contributed by atoms with van der Waals surface area (Å²) in [6, 6.07) is 14.9. The van der Waals surface area contributed by atoms with Crippen LogP contribution in [0.25, 0.3) is 10.4 Å². The van der Waals surface area contributed by atoms with Crippen molar-refractivity contribution in [2.24, 2.45) is 5.92 Å². The molecule has 1 unspecified atom stereocenters. The van der Waals surface area contributed by atoms with E-state index in [2.05, 4.69) is 23.7 Å². The van der Waals surface area contributed by atoms with Crippen LogP contribution in [0.5, 0.6) is 0 Å². The molecule has 1 saturated carbocycles. The highest BCUT2D eigenvalue weighted by molar-refractivity contribution is 7.89. The van der Waals surface area contributed by atoms with Gasteiger partial charge in [-0.2, -0.15) is 4.31 Å². The second-order valence-electron chi connectivity index (χ2n) is 12.4. The fraction of sp³-hybridized carbons (Fsp3) is 0.485. The maximum absolute atomic E-state index is 14.0. The number of amides is 1. The van der Waals surface area contributed by atoms with Crippen molar-refractivity contribution in [2.45, 2.75) is 88.2 Å². The van der Waals surface area contributed by atoms with E-state index in [4.69, 9.17) is 0 Å². The average Bonchev–Trinajstić information content (AvgIpc) is 3.47. The number of aromatic carboxylic acids is 1. The van der Waals surface area contributed by atoms with Gasteiger partial charge in [-0.1, -0.05) is 49.6 Å². The van der Waals surface area contributed by atoms with Crippen LogP contribution in [-0.4, -0.2) is 65.9 Å². The van der Waals surface area contributed by atoms with Gasteiger partial charge in [-0.05, 0) is 75.6 Å². The van der Waals surface area contributed by atoms with Gasteiger partial charge in [0.15, 0.2) is 0 Å². The van der Waals surface area contributed by atoms with Crippen LogP contribution in [0.2, 0.25) is 0 Å². The van der Waals surface area contributed by atoms with Crippen molar-refractivity contribution in [1.82, 2.24) is 9.29 Å². The predicted octanol–water partition coefficient (Wildman–Crippen LogP) is 6.26. The molecule has 3 fully saturated rings. The Balaban J connectivity index is 1.32. The topological polar surface area (TPSA) is 111 Å². The number of anilines is 2. The SMILES string of the molecule is C[C@@H]1CCC[C@H](C)N1c1ccc(S(=O)(=O)N2CC(=O)N(c3cc(-c4ccccc4)sc3C(=O)O)C(C3CCCCC3)C2)cn1. The number of hydrogen-bond donors (Lipinski definition) is 1. The molecule has 9 nitrogen and oxygen atoms in total. The average molecular weight is 637 g/mol. The molecule has 1 aromatic carbocycles. The van der Waals surface area contributed by atoms with Crippen molar-refractivity contribution < 1.29 is 23.1 Å². The third kappa shape index (κ3) is 5.89. The molecule has 0 radical (unpaired) electrons. The first kappa shape index (κ1) is 30.7. The van der Waals surface area contributed by atoms with Gasteiger partial charge in [0.2, 0.25) is 15.9 Å². The summed E-state index contributed by atoms with van der Waals surface area (Å²) in [4.78, 5) is 35.8. The normalized spacial score (nSPS) is 24.0. The van der Waals surface area contributed by atoms with Crippen LogP contribution in [-0.2, 0) is 14.8 Å². The molecule has 3 aliphatic rings. The second kappa shape index (κ2) is 12.6. The van der Waals surface area contributed by atoms with Gasteiger partial charge >= 0.3 is 5.97 Å². The molecule has 1 amide bonds. The lowest BCUT2D eigenvalue weighted by Crippen LogP contribution is -2.60. The molecule has 1 aliphatic carbocycles. The van der Waals surface area contributed by atoms with Gasteiger partial charge < -0.3 is 14.9 Å². The fourth-order valence-electron chi connectivity index (χ4n) is 7.30. The highest BCUT2D eigenvalue weighted by atomic mass is 32.2. The molecule has 0 spiro atoms. The zero-order chi connectivity index (χ0) is 31.0. The van der Waals surface area contributed by atoms with Gasteiger partial charge in [-0.3, -0.25) is 4.79 Å². The molecule has 4 heterocycles. The lowest BCUT2D eigenvalue weighted by atomic mass is 9.82. The largest absolute Gasteiger partial charge is 0.477 e. The van der Waals surface area contributed by atoms with Gasteiger partial charge in [0.05, 0.1) is 18.3 Å². The van der Waals surface area contributed by atoms with Crippen LogP contribution in [0.4, 0.5) is 11.5 Å². The van der Waals surface area contributed by atoms with E-state index in [1.54, 1.807) is 23.1 Å². The number of carboxylic acid groups (broad SMARTS) is 1. The van der Waals surface area contributed by atoms with Crippen molar-refractivity contribution >= 4 is 44.7 Å². The van der Waals surface area contributed by atoms with E-state index in [0.29, 0.717) is 17.8 Å². The number of piperazine rings is 1. The standard InChI is InChI=1S/C33H40N4O5S2/c1-22-10-9-11-23(2)36(22)30-17-16-26(19-34-30)44(41,42)35-20-28(24-12-5-3-6-13-24)37(31(38)21-35)27-18-29(43-32(27)33(39)40)25-14-7-4-8-15-25/h4,7-8,14-19,22-24,28H,3,5-6,9-13,20-21H2,1-2H3,(H,39,40)/t22-,23+,28?. The number of aromatic nitrogens is 1. The monoisotopic (exact) mass is 636 g/mol. The molecule has 234 valence electrons. The fourth-order valence-corrected chi connectivity index (χ4v) is 9.65. The Bertz CT molecular complexity index is 1590. The summed E-state index contributed by atoms with van der Waals surface area (Å²) >= 11 is 1.14. The van der Waals surface area contributed by atoms with E-state index >= 15 is 0 Å². The Hall–Kier alpha value is -3.28. The minimum atomic E-state index is -4.02. The molecule has 3 atom stereocenters. The highest BCUT2D eigenvalue weighted by Gasteiger charge is 2.44. The summed E-state index contributed by atoms with van der Waals surface area (Å²) in [6.07, 6.45) is 9.55. The van der Waals surface area contributed by atoms with Crippen LogP contribution < -0.4 is 9.80 Å². The highest BCUT2D eigenvalue weighted by Crippen LogP contribution is 2.42. The number of rotatable bonds is 7. The number of nitrogens with zero attached hydrogens (tertiary/aromatic N) is 4. The maximum atomic E-state index is 14.0. The van der Waals surface area contributed by atoms with Gasteiger partial charge in [-0.15, -0.1) is 11.3 Å². The third-order valence-electron chi connectivity index (χ3n) is 9.54. The van der Waals surface area contributed by atoms with Gasteiger partial charge in [0.25, 0.3) is 0 Å². The molecule has 2 aliphatic heterocycles. The summed E-state index contributed by atoms with van der Waals surface area (Å²) in [5.74, 6) is -0.677. The molecule has 11 heteroatoms. The minimum Gasteiger partial charge on any atom is -0.477 e. The number of benzene rings is 1. The van der Waals surface area contributed by atoms with Crippen molar-refractivity contribution in [3.63, 3.8) is 0 Å². The summed E-state index contributed by atoms with van der Waals surface area (Å²) < 4.78 is 29.3. The molecule has 2 aromatic heterocycles. The number of carbonyl (C=O) groups excluding carboxylic acids is 1. The predicted molar refractivity (Wildman–Crippen MR) is 173 cm³/mol. The number of pyridine rings is 1. The number of sulfonamides is 1. The lowest BCUT2D eigenvalue weighted by molar-refractivity contribution is -0.121. The van der Waals surface area contributed by atoms with E-state index < -0.39 is 27.9 Å². The van der Waals surface area contributed by atoms with Gasteiger partial charge in [-0.25, -0.2) is 18.2 Å². The Kier molecular flexibility index (Phi) is 8.81. The third-order valence-corrected chi connectivity index (χ3v) is 12.5. The Labute approximate surface area is 263 Å². The molecule has 6 rings (SSSR count). The minimum absolute atomic E-state index is 0.0648. The van der Waals surface area contributed by atoms with E-state index in [0.717, 1.165) is 72.5 Å². The number of hydrogen-bond acceptors (Lipinski definition) is 7. The van der Waals surface area contributed by atoms with Crippen molar-refractivity contribution in [1.29, 1.82) is 0 Å². The first-order valence-electron chi connectivity index (χ1n) is 15.6. The number of piperidine rings is 1. The van der Waals surface area contributed by atoms with Crippen LogP contribution in [0, 0.1) is 5.92 Å². The number of carbonyl (C=O) groups is 2. The molecular weight excluding hydrogens is 597 g/mol. The Morgan fingerprint density at radius 2 is 1.66 bits per heavy atom. The molecule has 3 aromatic rings. The van der Waals surface area contributed by atoms with Crippen molar-refractivity contribution in [2.75, 3.05) is 22.9 Å². The molecule has 44 heavy (non-hydrogen) atoms. The summed E-state index contributed by atoms with van der Waals surface area (Å²) in [7, 11) is -4.02. The van der Waals surface area contributed by atoms with Crippen molar-refractivity contribution in [3.05, 3.63) is 59.6 Å². The zero-order valence-electron chi connectivity index (χ0n) is 25.3. The van der Waals surface area contributed by atoms with Crippen LogP contribution in [0.3, 0.4) is 0 Å². The molecule has 2 saturated heterocycles. The molecule has 0 bridgehead atoms. The van der Waals surface area contributed by atoms with Crippen LogP contribution >= 0.6 is 11.3 Å². The second-order valence-corrected chi connectivity index (χ2v) is 15.4. The summed E-state index contributed by atoms with van der Waals surface area (Å²) in [6.45, 7) is 4.09. The Morgan fingerprint density at radius 3 is 2.30 bits per heavy atom. The van der Waals surface area contributed by atoms with Gasteiger partial charge in [0, 0.05) is 29.7 Å². The smallest absolute Gasteiger partial charge is 0.348 e. The number of carboxylic acids is 1. The van der Waals surface area contributed by atoms with E-state index in [-0.39, 0.29) is 28.8 Å².